The molecule has 24 heavy (non-hydrogen) atoms. The van der Waals surface area contributed by atoms with Crippen LogP contribution in [0.25, 0.3) is 0 Å². The summed E-state index contributed by atoms with van der Waals surface area (Å²) in [6, 6.07) is 6.22. The summed E-state index contributed by atoms with van der Waals surface area (Å²) < 4.78 is 0. The van der Waals surface area contributed by atoms with Crippen LogP contribution in [0.15, 0.2) is 24.3 Å². The van der Waals surface area contributed by atoms with Crippen molar-refractivity contribution < 1.29 is 14.4 Å². The van der Waals surface area contributed by atoms with Crippen molar-refractivity contribution in [1.82, 2.24) is 10.2 Å². The molecule has 0 aromatic heterocycles. The molecular weight excluding hydrogens is 306 g/mol. The number of rotatable bonds is 3. The second-order valence-electron chi connectivity index (χ2n) is 6.69. The van der Waals surface area contributed by atoms with Gasteiger partial charge in [-0.2, -0.15) is 0 Å². The fourth-order valence-electron chi connectivity index (χ4n) is 3.36. The van der Waals surface area contributed by atoms with E-state index in [-0.39, 0.29) is 24.1 Å². The molecule has 1 fully saturated rings. The minimum atomic E-state index is -0.684. The third-order valence-electron chi connectivity index (χ3n) is 4.71. The van der Waals surface area contributed by atoms with Gasteiger partial charge in [0.05, 0.1) is 11.3 Å². The van der Waals surface area contributed by atoms with Gasteiger partial charge >= 0.3 is 0 Å². The van der Waals surface area contributed by atoms with E-state index in [2.05, 4.69) is 17.6 Å². The van der Waals surface area contributed by atoms with E-state index in [1.165, 1.54) is 0 Å². The zero-order valence-electron chi connectivity index (χ0n) is 13.9. The van der Waals surface area contributed by atoms with Crippen molar-refractivity contribution in [3.8, 4) is 0 Å². The van der Waals surface area contributed by atoms with Gasteiger partial charge in [0, 0.05) is 19.5 Å². The summed E-state index contributed by atoms with van der Waals surface area (Å²) in [5.41, 5.74) is 0.961. The van der Waals surface area contributed by atoms with Crippen molar-refractivity contribution in [2.24, 2.45) is 5.92 Å². The van der Waals surface area contributed by atoms with Gasteiger partial charge in [0.25, 0.3) is 5.91 Å². The molecule has 0 bridgehead atoms. The van der Waals surface area contributed by atoms with Crippen molar-refractivity contribution in [3.63, 3.8) is 0 Å². The first kappa shape index (κ1) is 16.5. The van der Waals surface area contributed by atoms with Gasteiger partial charge in [-0.15, -0.1) is 0 Å². The molecule has 3 amide bonds. The molecule has 2 atom stereocenters. The predicted octanol–water partition coefficient (Wildman–Crippen LogP) is 1.78. The average molecular weight is 329 g/mol. The Balaban J connectivity index is 1.61. The fourth-order valence-corrected chi connectivity index (χ4v) is 3.36. The normalized spacial score (nSPS) is 23.8. The Kier molecular flexibility index (Phi) is 4.83. The van der Waals surface area contributed by atoms with Crippen LogP contribution < -0.4 is 10.6 Å². The van der Waals surface area contributed by atoms with Crippen LogP contribution in [-0.2, 0) is 9.59 Å². The Hall–Kier alpha value is -2.37. The largest absolute Gasteiger partial charge is 0.342 e. The maximum Gasteiger partial charge on any atom is 0.254 e. The number of nitrogens with one attached hydrogen (secondary N) is 2. The van der Waals surface area contributed by atoms with Crippen LogP contribution in [0.4, 0.5) is 5.69 Å². The number of hydrogen-bond acceptors (Lipinski definition) is 3. The predicted molar refractivity (Wildman–Crippen MR) is 90.5 cm³/mol. The number of hydrogen-bond donors (Lipinski definition) is 2. The summed E-state index contributed by atoms with van der Waals surface area (Å²) >= 11 is 0. The van der Waals surface area contributed by atoms with E-state index in [1.54, 1.807) is 24.3 Å². The van der Waals surface area contributed by atoms with Crippen LogP contribution in [0.1, 0.15) is 43.0 Å². The highest BCUT2D eigenvalue weighted by Crippen LogP contribution is 2.20. The first-order chi connectivity index (χ1) is 11.5. The molecule has 0 radical (unpaired) electrons. The van der Waals surface area contributed by atoms with E-state index in [4.69, 9.17) is 0 Å². The summed E-state index contributed by atoms with van der Waals surface area (Å²) in [4.78, 5) is 38.8. The molecule has 0 spiro atoms. The highest BCUT2D eigenvalue weighted by atomic mass is 16.2. The van der Waals surface area contributed by atoms with E-state index in [9.17, 15) is 14.4 Å². The SMILES string of the molecule is CC1CCCN(C(=O)CCC2NC(=O)c3ccccc3NC2=O)C1. The number of piperidine rings is 1. The molecular formula is C18H23N3O3. The maximum absolute atomic E-state index is 12.4. The fraction of sp³-hybridized carbons (Fsp3) is 0.500. The monoisotopic (exact) mass is 329 g/mol. The lowest BCUT2D eigenvalue weighted by Crippen LogP contribution is -2.43. The number of carbonyl (C=O) groups is 3. The van der Waals surface area contributed by atoms with Gasteiger partial charge in [-0.05, 0) is 37.3 Å². The molecule has 1 aromatic rings. The third-order valence-corrected chi connectivity index (χ3v) is 4.71. The van der Waals surface area contributed by atoms with Crippen LogP contribution in [0.3, 0.4) is 0 Å². The van der Waals surface area contributed by atoms with Crippen LogP contribution in [0.5, 0.6) is 0 Å². The first-order valence-electron chi connectivity index (χ1n) is 8.53. The molecule has 1 saturated heterocycles. The number of para-hydroxylation sites is 1. The van der Waals surface area contributed by atoms with Crippen LogP contribution in [-0.4, -0.2) is 41.8 Å². The first-order valence-corrected chi connectivity index (χ1v) is 8.53. The van der Waals surface area contributed by atoms with Crippen molar-refractivity contribution in [3.05, 3.63) is 29.8 Å². The number of likely N-dealkylation sites (tertiary alicyclic amines) is 1. The van der Waals surface area contributed by atoms with Gasteiger partial charge in [0.1, 0.15) is 6.04 Å². The number of benzene rings is 1. The molecule has 2 aliphatic heterocycles. The maximum atomic E-state index is 12.4. The summed E-state index contributed by atoms with van der Waals surface area (Å²) in [6.45, 7) is 3.72. The quantitative estimate of drug-likeness (QED) is 0.887. The van der Waals surface area contributed by atoms with Gasteiger partial charge in [-0.25, -0.2) is 0 Å². The molecule has 2 unspecified atom stereocenters. The molecule has 6 nitrogen and oxygen atoms in total. The molecule has 128 valence electrons. The van der Waals surface area contributed by atoms with Crippen molar-refractivity contribution in [1.29, 1.82) is 0 Å². The van der Waals surface area contributed by atoms with E-state index < -0.39 is 6.04 Å². The van der Waals surface area contributed by atoms with E-state index in [0.717, 1.165) is 25.9 Å². The summed E-state index contributed by atoms with van der Waals surface area (Å²) in [7, 11) is 0. The zero-order chi connectivity index (χ0) is 17.1. The molecule has 1 aromatic carbocycles. The Labute approximate surface area is 141 Å². The Morgan fingerprint density at radius 2 is 2.08 bits per heavy atom. The third kappa shape index (κ3) is 3.58. The van der Waals surface area contributed by atoms with Crippen LogP contribution in [0.2, 0.25) is 0 Å². The van der Waals surface area contributed by atoms with E-state index in [1.807, 2.05) is 4.90 Å². The number of carbonyl (C=O) groups excluding carboxylic acids is 3. The number of fused-ring (bicyclic) bond motifs is 1. The van der Waals surface area contributed by atoms with Crippen molar-refractivity contribution in [2.45, 2.75) is 38.6 Å². The second kappa shape index (κ2) is 7.03. The number of amides is 3. The highest BCUT2D eigenvalue weighted by molar-refractivity contribution is 6.09. The molecule has 2 heterocycles. The topological polar surface area (TPSA) is 78.5 Å². The van der Waals surface area contributed by atoms with E-state index in [0.29, 0.717) is 23.6 Å². The average Bonchev–Trinajstić information content (AvgIpc) is 2.69. The summed E-state index contributed by atoms with van der Waals surface area (Å²) in [6.07, 6.45) is 2.77. The van der Waals surface area contributed by atoms with Gasteiger partial charge in [0.15, 0.2) is 0 Å². The van der Waals surface area contributed by atoms with Gasteiger partial charge in [-0.1, -0.05) is 19.1 Å². The number of nitrogens with zero attached hydrogens (tertiary/aromatic N) is 1. The molecule has 0 aliphatic carbocycles. The van der Waals surface area contributed by atoms with E-state index >= 15 is 0 Å². The summed E-state index contributed by atoms with van der Waals surface area (Å²) in [5.74, 6) is 0.0320. The standard InChI is InChI=1S/C18H23N3O3/c1-12-5-4-10-21(11-12)16(22)9-8-15-18(24)19-14-7-3-2-6-13(14)17(23)20-15/h2-3,6-7,12,15H,4-5,8-11H2,1H3,(H,19,24)(H,20,23). The van der Waals surface area contributed by atoms with Gasteiger partial charge in [0.2, 0.25) is 11.8 Å². The van der Waals surface area contributed by atoms with Crippen LogP contribution in [0, 0.1) is 5.92 Å². The van der Waals surface area contributed by atoms with Crippen LogP contribution >= 0.6 is 0 Å². The van der Waals surface area contributed by atoms with Crippen molar-refractivity contribution in [2.75, 3.05) is 18.4 Å². The lowest BCUT2D eigenvalue weighted by atomic mass is 9.99. The minimum absolute atomic E-state index is 0.0605. The molecule has 0 saturated carbocycles. The second-order valence-corrected chi connectivity index (χ2v) is 6.69. The lowest BCUT2D eigenvalue weighted by Gasteiger charge is -2.31. The molecule has 6 heteroatoms. The highest BCUT2D eigenvalue weighted by Gasteiger charge is 2.29. The van der Waals surface area contributed by atoms with Gasteiger partial charge < -0.3 is 15.5 Å². The molecule has 3 rings (SSSR count). The molecule has 2 N–H and O–H groups in total. The lowest BCUT2D eigenvalue weighted by molar-refractivity contribution is -0.133. The minimum Gasteiger partial charge on any atom is -0.342 e. The zero-order valence-corrected chi connectivity index (χ0v) is 13.9. The summed E-state index contributed by atoms with van der Waals surface area (Å²) in [5, 5.41) is 5.50. The number of anilines is 1. The Morgan fingerprint density at radius 3 is 2.88 bits per heavy atom. The Morgan fingerprint density at radius 1 is 1.29 bits per heavy atom. The smallest absolute Gasteiger partial charge is 0.254 e. The Bertz CT molecular complexity index is 659. The molecule has 2 aliphatic rings. The van der Waals surface area contributed by atoms with Gasteiger partial charge in [-0.3, -0.25) is 14.4 Å². The van der Waals surface area contributed by atoms with Crippen molar-refractivity contribution >= 4 is 23.4 Å².